The van der Waals surface area contributed by atoms with Gasteiger partial charge in [0, 0.05) is 17.3 Å². The van der Waals surface area contributed by atoms with Crippen LogP contribution in [0.15, 0.2) is 47.5 Å². The van der Waals surface area contributed by atoms with Gasteiger partial charge in [-0.15, -0.1) is 0 Å². The number of ether oxygens (including phenoxy) is 1. The number of anilines is 1. The van der Waals surface area contributed by atoms with Crippen molar-refractivity contribution in [3.05, 3.63) is 53.1 Å². The minimum absolute atomic E-state index is 0.0579. The van der Waals surface area contributed by atoms with Gasteiger partial charge in [0.15, 0.2) is 11.3 Å². The lowest BCUT2D eigenvalue weighted by atomic mass is 10.2. The van der Waals surface area contributed by atoms with Gasteiger partial charge in [-0.25, -0.2) is 4.99 Å². The minimum Gasteiger partial charge on any atom is -0.479 e. The highest BCUT2D eigenvalue weighted by Crippen LogP contribution is 2.34. The number of nitrogens with zero attached hydrogens (tertiary/aromatic N) is 3. The first kappa shape index (κ1) is 19.8. The Bertz CT molecular complexity index is 1010. The fraction of sp³-hybridized carbons (Fsp3) is 0.286. The number of halogens is 1. The van der Waals surface area contributed by atoms with Gasteiger partial charge in [0.1, 0.15) is 12.3 Å². The Labute approximate surface area is 178 Å². The molecule has 0 saturated carbocycles. The van der Waals surface area contributed by atoms with Gasteiger partial charge in [-0.3, -0.25) is 19.4 Å². The maximum absolute atomic E-state index is 13.1. The lowest BCUT2D eigenvalue weighted by Crippen LogP contribution is -2.49. The molecule has 150 valence electrons. The summed E-state index contributed by atoms with van der Waals surface area (Å²) in [5.41, 5.74) is 2.22. The molecule has 2 aliphatic rings. The van der Waals surface area contributed by atoms with Crippen molar-refractivity contribution < 1.29 is 14.3 Å². The molecule has 2 aromatic carbocycles. The van der Waals surface area contributed by atoms with Crippen molar-refractivity contribution in [3.8, 4) is 5.75 Å². The summed E-state index contributed by atoms with van der Waals surface area (Å²) in [6.07, 6.45) is -0.632. The first-order chi connectivity index (χ1) is 14.0. The van der Waals surface area contributed by atoms with E-state index in [9.17, 15) is 9.59 Å². The molecule has 0 aromatic heterocycles. The molecular weight excluding hydrogens is 410 g/mol. The number of carbonyl (C=O) groups excluding carboxylic acids is 2. The second kappa shape index (κ2) is 8.08. The molecule has 1 atom stereocenters. The molecule has 2 amide bonds. The highest BCUT2D eigenvalue weighted by atomic mass is 35.5. The van der Waals surface area contributed by atoms with E-state index in [2.05, 4.69) is 4.99 Å². The Morgan fingerprint density at radius 3 is 2.90 bits per heavy atom. The molecule has 0 bridgehead atoms. The predicted octanol–water partition coefficient (Wildman–Crippen LogP) is 4.03. The molecular formula is C21H20ClN3O3S. The number of carbonyl (C=O) groups is 2. The van der Waals surface area contributed by atoms with Crippen molar-refractivity contribution in [2.75, 3.05) is 23.7 Å². The molecule has 1 saturated heterocycles. The van der Waals surface area contributed by atoms with Gasteiger partial charge < -0.3 is 4.74 Å². The zero-order valence-electron chi connectivity index (χ0n) is 16.1. The molecule has 0 spiro atoms. The van der Waals surface area contributed by atoms with Crippen molar-refractivity contribution >= 4 is 51.7 Å². The summed E-state index contributed by atoms with van der Waals surface area (Å²) in [6.45, 7) is 4.09. The van der Waals surface area contributed by atoms with Crippen LogP contribution in [0.2, 0.25) is 5.02 Å². The largest absolute Gasteiger partial charge is 0.479 e. The van der Waals surface area contributed by atoms with Crippen LogP contribution in [0.5, 0.6) is 5.75 Å². The van der Waals surface area contributed by atoms with Crippen LogP contribution in [0.4, 0.5) is 11.4 Å². The topological polar surface area (TPSA) is 62.2 Å². The lowest BCUT2D eigenvalue weighted by molar-refractivity contribution is -0.130. The highest BCUT2D eigenvalue weighted by Gasteiger charge is 2.35. The average molecular weight is 430 g/mol. The monoisotopic (exact) mass is 429 g/mol. The molecule has 2 heterocycles. The first-order valence-electron chi connectivity index (χ1n) is 9.29. The summed E-state index contributed by atoms with van der Waals surface area (Å²) in [4.78, 5) is 33.6. The van der Waals surface area contributed by atoms with E-state index in [0.29, 0.717) is 28.2 Å². The van der Waals surface area contributed by atoms with Gasteiger partial charge in [0.2, 0.25) is 5.91 Å². The maximum atomic E-state index is 13.1. The van der Waals surface area contributed by atoms with Crippen LogP contribution in [0.3, 0.4) is 0 Å². The molecule has 0 N–H and O–H groups in total. The van der Waals surface area contributed by atoms with E-state index in [0.717, 1.165) is 17.0 Å². The summed E-state index contributed by atoms with van der Waals surface area (Å²) in [6, 6.07) is 12.8. The quantitative estimate of drug-likeness (QED) is 0.739. The second-order valence-corrected chi connectivity index (χ2v) is 8.29. The third-order valence-corrected chi connectivity index (χ3v) is 6.27. The SMILES string of the molecule is Cc1c(Cl)cccc1N=C1SCCN1C(=O)CN1C(=O)C(C)Oc2ccccc21. The number of aliphatic imine (C=N–C) groups is 1. The predicted molar refractivity (Wildman–Crippen MR) is 116 cm³/mol. The van der Waals surface area contributed by atoms with Gasteiger partial charge in [-0.2, -0.15) is 0 Å². The fourth-order valence-electron chi connectivity index (χ4n) is 3.29. The van der Waals surface area contributed by atoms with Crippen LogP contribution < -0.4 is 9.64 Å². The number of fused-ring (bicyclic) bond motifs is 1. The molecule has 6 nitrogen and oxygen atoms in total. The molecule has 4 rings (SSSR count). The number of hydrogen-bond donors (Lipinski definition) is 0. The molecule has 0 aliphatic carbocycles. The van der Waals surface area contributed by atoms with Crippen molar-refractivity contribution in [3.63, 3.8) is 0 Å². The number of thioether (sulfide) groups is 1. The van der Waals surface area contributed by atoms with E-state index in [-0.39, 0.29) is 18.4 Å². The van der Waals surface area contributed by atoms with Gasteiger partial charge >= 0.3 is 0 Å². The second-order valence-electron chi connectivity index (χ2n) is 6.82. The summed E-state index contributed by atoms with van der Waals surface area (Å²) in [7, 11) is 0. The lowest BCUT2D eigenvalue weighted by Gasteiger charge is -2.33. The Morgan fingerprint density at radius 2 is 2.07 bits per heavy atom. The number of hydrogen-bond acceptors (Lipinski definition) is 5. The number of para-hydroxylation sites is 2. The number of amides is 2. The van der Waals surface area contributed by atoms with Crippen LogP contribution in [-0.4, -0.2) is 46.8 Å². The van der Waals surface area contributed by atoms with Crippen molar-refractivity contribution in [2.24, 2.45) is 4.99 Å². The highest BCUT2D eigenvalue weighted by molar-refractivity contribution is 8.14. The average Bonchev–Trinajstić information content (AvgIpc) is 3.17. The van der Waals surface area contributed by atoms with Gasteiger partial charge in [-0.05, 0) is 43.7 Å². The molecule has 29 heavy (non-hydrogen) atoms. The molecule has 1 fully saturated rings. The maximum Gasteiger partial charge on any atom is 0.268 e. The Balaban J connectivity index is 1.59. The van der Waals surface area contributed by atoms with Crippen molar-refractivity contribution in [1.29, 1.82) is 0 Å². The molecule has 2 aromatic rings. The van der Waals surface area contributed by atoms with E-state index in [1.807, 2.05) is 37.3 Å². The van der Waals surface area contributed by atoms with Crippen LogP contribution in [0.1, 0.15) is 12.5 Å². The fourth-order valence-corrected chi connectivity index (χ4v) is 4.43. The number of rotatable bonds is 3. The Kier molecular flexibility index (Phi) is 5.52. The van der Waals surface area contributed by atoms with Gasteiger partial charge in [-0.1, -0.05) is 41.6 Å². The van der Waals surface area contributed by atoms with E-state index in [4.69, 9.17) is 16.3 Å². The molecule has 1 unspecified atom stereocenters. The van der Waals surface area contributed by atoms with Gasteiger partial charge in [0.25, 0.3) is 5.91 Å². The smallest absolute Gasteiger partial charge is 0.268 e. The summed E-state index contributed by atoms with van der Waals surface area (Å²) < 4.78 is 5.65. The van der Waals surface area contributed by atoms with Crippen LogP contribution in [0, 0.1) is 6.92 Å². The summed E-state index contributed by atoms with van der Waals surface area (Å²) in [5.74, 6) is 0.958. The zero-order valence-corrected chi connectivity index (χ0v) is 17.7. The summed E-state index contributed by atoms with van der Waals surface area (Å²) in [5, 5.41) is 1.26. The van der Waals surface area contributed by atoms with E-state index < -0.39 is 6.10 Å². The molecule has 8 heteroatoms. The molecule has 2 aliphatic heterocycles. The van der Waals surface area contributed by atoms with Crippen molar-refractivity contribution in [1.82, 2.24) is 4.90 Å². The zero-order chi connectivity index (χ0) is 20.5. The van der Waals surface area contributed by atoms with Crippen LogP contribution in [-0.2, 0) is 9.59 Å². The summed E-state index contributed by atoms with van der Waals surface area (Å²) >= 11 is 7.71. The standard InChI is InChI=1S/C21H20ClN3O3S/c1-13-15(22)6-5-7-16(13)23-21-24(10-11-29-21)19(26)12-25-17-8-3-4-9-18(17)28-14(2)20(25)27/h3-9,14H,10-12H2,1-2H3. The number of amidine groups is 1. The first-order valence-corrected chi connectivity index (χ1v) is 10.7. The number of benzene rings is 2. The van der Waals surface area contributed by atoms with E-state index in [1.165, 1.54) is 16.7 Å². The third-order valence-electron chi connectivity index (χ3n) is 4.90. The molecule has 0 radical (unpaired) electrons. The van der Waals surface area contributed by atoms with Crippen molar-refractivity contribution in [2.45, 2.75) is 20.0 Å². The normalized spacial score (nSPS) is 20.0. The third kappa shape index (κ3) is 3.84. The Morgan fingerprint density at radius 1 is 1.28 bits per heavy atom. The van der Waals surface area contributed by atoms with Gasteiger partial charge in [0.05, 0.1) is 11.4 Å². The Hall–Kier alpha value is -2.51. The minimum atomic E-state index is -0.632. The van der Waals surface area contributed by atoms with E-state index >= 15 is 0 Å². The van der Waals surface area contributed by atoms with E-state index in [1.54, 1.807) is 24.0 Å². The van der Waals surface area contributed by atoms with Crippen LogP contribution >= 0.6 is 23.4 Å². The van der Waals surface area contributed by atoms with Crippen LogP contribution in [0.25, 0.3) is 0 Å².